The van der Waals surface area contributed by atoms with Gasteiger partial charge in [-0.25, -0.2) is 8.42 Å². The summed E-state index contributed by atoms with van der Waals surface area (Å²) in [5, 5.41) is 12.1. The van der Waals surface area contributed by atoms with Gasteiger partial charge >= 0.3 is 0 Å². The van der Waals surface area contributed by atoms with Crippen molar-refractivity contribution in [2.45, 2.75) is 36.9 Å². The predicted octanol–water partition coefficient (Wildman–Crippen LogP) is 2.23. The molecule has 0 bridgehead atoms. The van der Waals surface area contributed by atoms with E-state index in [0.717, 1.165) is 18.1 Å². The molecule has 0 saturated heterocycles. The molecule has 1 aliphatic carbocycles. The van der Waals surface area contributed by atoms with Crippen molar-refractivity contribution in [3.8, 4) is 5.69 Å². The van der Waals surface area contributed by atoms with Gasteiger partial charge in [0.2, 0.25) is 0 Å². The van der Waals surface area contributed by atoms with Crippen LogP contribution in [0.5, 0.6) is 0 Å². The van der Waals surface area contributed by atoms with Gasteiger partial charge in [-0.15, -0.1) is 5.10 Å². The smallest absolute Gasteiger partial charge is 0.175 e. The van der Waals surface area contributed by atoms with Crippen LogP contribution in [0, 0.1) is 0 Å². The molecule has 27 heavy (non-hydrogen) atoms. The minimum atomic E-state index is -3.22. The number of nitrogens with zero attached hydrogens (tertiary/aromatic N) is 5. The molecule has 1 saturated carbocycles. The zero-order valence-corrected chi connectivity index (χ0v) is 15.9. The fourth-order valence-corrected chi connectivity index (χ4v) is 3.72. The van der Waals surface area contributed by atoms with Crippen molar-refractivity contribution >= 4 is 9.84 Å². The highest BCUT2D eigenvalue weighted by atomic mass is 32.2. The molecule has 1 fully saturated rings. The quantitative estimate of drug-likeness (QED) is 0.622. The third-order valence-electron chi connectivity index (χ3n) is 4.68. The van der Waals surface area contributed by atoms with Crippen molar-refractivity contribution in [1.82, 2.24) is 25.1 Å². The minimum Gasteiger partial charge on any atom is -0.289 e. The van der Waals surface area contributed by atoms with E-state index in [1.54, 1.807) is 28.9 Å². The Morgan fingerprint density at radius 1 is 1.04 bits per heavy atom. The van der Waals surface area contributed by atoms with Crippen molar-refractivity contribution in [2.24, 2.45) is 0 Å². The Labute approximate surface area is 158 Å². The van der Waals surface area contributed by atoms with Crippen LogP contribution in [0.25, 0.3) is 5.69 Å². The van der Waals surface area contributed by atoms with Gasteiger partial charge in [0, 0.05) is 18.8 Å². The summed E-state index contributed by atoms with van der Waals surface area (Å²) in [7, 11) is -3.22. The van der Waals surface area contributed by atoms with E-state index in [2.05, 4.69) is 32.6 Å². The van der Waals surface area contributed by atoms with Gasteiger partial charge in [0.1, 0.15) is 0 Å². The van der Waals surface area contributed by atoms with E-state index in [-0.39, 0.29) is 4.90 Å². The number of rotatable bonds is 7. The maximum Gasteiger partial charge on any atom is 0.175 e. The number of hydrogen-bond donors (Lipinski definition) is 0. The Balaban J connectivity index is 1.56. The lowest BCUT2D eigenvalue weighted by atomic mass is 10.2. The highest BCUT2D eigenvalue weighted by Crippen LogP contribution is 2.29. The number of hydrogen-bond acceptors (Lipinski definition) is 6. The van der Waals surface area contributed by atoms with Crippen molar-refractivity contribution in [1.29, 1.82) is 0 Å². The Morgan fingerprint density at radius 2 is 1.74 bits per heavy atom. The molecule has 3 aromatic rings. The number of sulfone groups is 1. The van der Waals surface area contributed by atoms with E-state index in [1.165, 1.54) is 24.7 Å². The summed E-state index contributed by atoms with van der Waals surface area (Å²) >= 11 is 0. The van der Waals surface area contributed by atoms with Crippen LogP contribution in [-0.4, -0.2) is 45.8 Å². The molecule has 0 radical (unpaired) electrons. The average Bonchev–Trinajstić information content (AvgIpc) is 3.41. The van der Waals surface area contributed by atoms with Crippen LogP contribution in [0.2, 0.25) is 0 Å². The van der Waals surface area contributed by atoms with Gasteiger partial charge in [-0.2, -0.15) is 4.68 Å². The van der Waals surface area contributed by atoms with E-state index in [1.807, 2.05) is 18.2 Å². The lowest BCUT2D eigenvalue weighted by Crippen LogP contribution is -2.26. The van der Waals surface area contributed by atoms with Crippen LogP contribution >= 0.6 is 0 Å². The molecule has 1 aromatic heterocycles. The standard InChI is InChI=1S/C19H21N5O2S/c1-27(25,26)18-11-9-17(10-12-18)24-19(20-21-22-24)14-23(16-7-8-16)13-15-5-3-2-4-6-15/h2-6,9-12,16H,7-8,13-14H2,1H3. The molecular weight excluding hydrogens is 362 g/mol. The van der Waals surface area contributed by atoms with Gasteiger partial charge in [0.25, 0.3) is 0 Å². The van der Waals surface area contributed by atoms with Crippen molar-refractivity contribution in [3.63, 3.8) is 0 Å². The van der Waals surface area contributed by atoms with Crippen LogP contribution < -0.4 is 0 Å². The third-order valence-corrected chi connectivity index (χ3v) is 5.81. The van der Waals surface area contributed by atoms with Crippen molar-refractivity contribution < 1.29 is 8.42 Å². The SMILES string of the molecule is CS(=O)(=O)c1ccc(-n2nnnc2CN(Cc2ccccc2)C2CC2)cc1. The summed E-state index contributed by atoms with van der Waals surface area (Å²) in [5.41, 5.74) is 2.01. The first kappa shape index (κ1) is 17.8. The van der Waals surface area contributed by atoms with Crippen LogP contribution in [0.4, 0.5) is 0 Å². The van der Waals surface area contributed by atoms with Crippen LogP contribution in [0.1, 0.15) is 24.2 Å². The maximum atomic E-state index is 11.6. The van der Waals surface area contributed by atoms with Crippen LogP contribution in [0.15, 0.2) is 59.5 Å². The maximum absolute atomic E-state index is 11.6. The molecule has 4 rings (SSSR count). The third kappa shape index (κ3) is 4.23. The first-order chi connectivity index (χ1) is 13.0. The highest BCUT2D eigenvalue weighted by Gasteiger charge is 2.30. The second-order valence-corrected chi connectivity index (χ2v) is 8.91. The summed E-state index contributed by atoms with van der Waals surface area (Å²) in [6, 6.07) is 17.6. The highest BCUT2D eigenvalue weighted by molar-refractivity contribution is 7.90. The van der Waals surface area contributed by atoms with E-state index in [4.69, 9.17) is 0 Å². The molecule has 0 atom stereocenters. The van der Waals surface area contributed by atoms with Gasteiger partial charge in [-0.1, -0.05) is 30.3 Å². The Bertz CT molecular complexity index is 1010. The zero-order chi connectivity index (χ0) is 18.9. The van der Waals surface area contributed by atoms with Crippen LogP contribution in [-0.2, 0) is 22.9 Å². The largest absolute Gasteiger partial charge is 0.289 e. The fraction of sp³-hybridized carbons (Fsp3) is 0.316. The van der Waals surface area contributed by atoms with Gasteiger partial charge in [-0.3, -0.25) is 4.90 Å². The second-order valence-electron chi connectivity index (χ2n) is 6.89. The molecule has 0 unspecified atom stereocenters. The molecule has 0 spiro atoms. The van der Waals surface area contributed by atoms with Gasteiger partial charge in [-0.05, 0) is 53.1 Å². The molecule has 1 heterocycles. The molecule has 7 nitrogen and oxygen atoms in total. The second kappa shape index (κ2) is 7.21. The normalized spacial score (nSPS) is 14.6. The fourth-order valence-electron chi connectivity index (χ4n) is 3.09. The lowest BCUT2D eigenvalue weighted by molar-refractivity contribution is 0.237. The molecule has 140 valence electrons. The lowest BCUT2D eigenvalue weighted by Gasteiger charge is -2.21. The van der Waals surface area contributed by atoms with Crippen LogP contribution in [0.3, 0.4) is 0 Å². The predicted molar refractivity (Wildman–Crippen MR) is 101 cm³/mol. The summed E-state index contributed by atoms with van der Waals surface area (Å²) < 4.78 is 25.0. The minimum absolute atomic E-state index is 0.282. The van der Waals surface area contributed by atoms with E-state index >= 15 is 0 Å². The molecule has 0 amide bonds. The van der Waals surface area contributed by atoms with E-state index < -0.39 is 9.84 Å². The van der Waals surface area contributed by atoms with E-state index in [9.17, 15) is 8.42 Å². The van der Waals surface area contributed by atoms with E-state index in [0.29, 0.717) is 12.6 Å². The number of tetrazole rings is 1. The summed E-state index contributed by atoms with van der Waals surface area (Å²) in [5.74, 6) is 0.741. The molecule has 8 heteroatoms. The van der Waals surface area contributed by atoms with Gasteiger partial charge < -0.3 is 0 Å². The van der Waals surface area contributed by atoms with Gasteiger partial charge in [0.15, 0.2) is 15.7 Å². The van der Waals surface area contributed by atoms with Crippen molar-refractivity contribution in [3.05, 3.63) is 66.0 Å². The Morgan fingerprint density at radius 3 is 2.37 bits per heavy atom. The first-order valence-electron chi connectivity index (χ1n) is 8.86. The molecule has 1 aliphatic rings. The average molecular weight is 383 g/mol. The molecule has 2 aromatic carbocycles. The summed E-state index contributed by atoms with van der Waals surface area (Å²) in [6.45, 7) is 1.49. The Kier molecular flexibility index (Phi) is 4.75. The van der Waals surface area contributed by atoms with Crippen molar-refractivity contribution in [2.75, 3.05) is 6.26 Å². The Hall–Kier alpha value is -2.58. The number of benzene rings is 2. The molecule has 0 N–H and O–H groups in total. The zero-order valence-electron chi connectivity index (χ0n) is 15.1. The summed E-state index contributed by atoms with van der Waals surface area (Å²) in [4.78, 5) is 2.67. The monoisotopic (exact) mass is 383 g/mol. The number of aromatic nitrogens is 4. The first-order valence-corrected chi connectivity index (χ1v) is 10.8. The topological polar surface area (TPSA) is 81.0 Å². The summed E-state index contributed by atoms with van der Waals surface area (Å²) in [6.07, 6.45) is 3.58. The molecular formula is C19H21N5O2S. The van der Waals surface area contributed by atoms with Gasteiger partial charge in [0.05, 0.1) is 17.1 Å². The molecule has 0 aliphatic heterocycles.